The fourth-order valence-corrected chi connectivity index (χ4v) is 18.4. The van der Waals surface area contributed by atoms with Crippen LogP contribution in [0.4, 0.5) is 0 Å². The van der Waals surface area contributed by atoms with Gasteiger partial charge in [0.1, 0.15) is 68.2 Å². The number of sulfonamides is 1. The number of pyridine rings is 2. The number of aromatic nitrogens is 4. The number of methoxy groups -OCH3 is 2. The summed E-state index contributed by atoms with van der Waals surface area (Å²) in [5.41, 5.74) is 4.32. The van der Waals surface area contributed by atoms with E-state index in [1.54, 1.807) is 38.1 Å². The number of ether oxygens (including phenoxy) is 4. The van der Waals surface area contributed by atoms with E-state index in [1.165, 1.54) is 22.7 Å². The molecule has 0 bridgehead atoms. The zero-order valence-corrected chi connectivity index (χ0v) is 60.2. The van der Waals surface area contributed by atoms with Gasteiger partial charge in [0.2, 0.25) is 27.7 Å². The van der Waals surface area contributed by atoms with Crippen molar-refractivity contribution in [1.29, 1.82) is 0 Å². The van der Waals surface area contributed by atoms with Crippen molar-refractivity contribution in [2.45, 2.75) is 174 Å². The molecule has 5 fully saturated rings. The Morgan fingerprint density at radius 2 is 1.04 bits per heavy atom. The summed E-state index contributed by atoms with van der Waals surface area (Å²) in [5, 5.41) is 16.8. The van der Waals surface area contributed by atoms with Gasteiger partial charge in [-0.1, -0.05) is 52.0 Å². The van der Waals surface area contributed by atoms with E-state index >= 15 is 0 Å². The molecule has 5 saturated carbocycles. The van der Waals surface area contributed by atoms with Gasteiger partial charge in [0.15, 0.2) is 0 Å². The first-order valence-electron chi connectivity index (χ1n) is 34.7. The number of hydrogen-bond donors (Lipinski definition) is 2. The van der Waals surface area contributed by atoms with Crippen molar-refractivity contribution < 1.29 is 61.2 Å². The number of rotatable bonds is 14. The third-order valence-electron chi connectivity index (χ3n) is 21.5. The van der Waals surface area contributed by atoms with Crippen LogP contribution >= 0.6 is 22.7 Å². The van der Waals surface area contributed by atoms with Crippen LogP contribution in [0.3, 0.4) is 0 Å². The van der Waals surface area contributed by atoms with E-state index in [0.717, 1.165) is 98.6 Å². The van der Waals surface area contributed by atoms with Gasteiger partial charge in [0, 0.05) is 96.7 Å². The first-order valence-corrected chi connectivity index (χ1v) is 38.0. The lowest BCUT2D eigenvalue weighted by Crippen LogP contribution is -2.42. The molecule has 6 heterocycles. The molecule has 4 aromatic heterocycles. The molecule has 522 valence electrons. The molecule has 6 aromatic rings. The Morgan fingerprint density at radius 3 is 1.46 bits per heavy atom. The van der Waals surface area contributed by atoms with Crippen molar-refractivity contribution in [3.63, 3.8) is 0 Å². The van der Waals surface area contributed by atoms with E-state index in [4.69, 9.17) is 38.9 Å². The summed E-state index contributed by atoms with van der Waals surface area (Å²) in [6.07, 6.45) is 15.3. The summed E-state index contributed by atoms with van der Waals surface area (Å²) in [4.78, 5) is 105. The lowest BCUT2D eigenvalue weighted by molar-refractivity contribution is -0.147. The molecule has 0 saturated heterocycles. The van der Waals surface area contributed by atoms with E-state index in [2.05, 4.69) is 37.8 Å². The maximum absolute atomic E-state index is 14.4. The van der Waals surface area contributed by atoms with Gasteiger partial charge < -0.3 is 33.9 Å². The Balaban J connectivity index is 0.000000188. The van der Waals surface area contributed by atoms with E-state index < -0.39 is 73.9 Å². The maximum Gasteiger partial charge on any atom is 0.310 e. The third-order valence-corrected chi connectivity index (χ3v) is 25.1. The minimum Gasteiger partial charge on any atom is -0.496 e. The average Bonchev–Trinajstić information content (AvgIpc) is 1.57. The molecule has 7 aliphatic rings. The summed E-state index contributed by atoms with van der Waals surface area (Å²) in [5.74, 6) is -1.77. The van der Waals surface area contributed by atoms with E-state index in [1.807, 2.05) is 79.9 Å². The lowest BCUT2D eigenvalue weighted by Gasteiger charge is -2.26. The molecule has 10 atom stereocenters. The number of thiazole rings is 2. The highest BCUT2D eigenvalue weighted by Gasteiger charge is 2.63. The Kier molecular flexibility index (Phi) is 20.5. The number of carboxylic acid groups (broad SMARTS) is 1. The van der Waals surface area contributed by atoms with E-state index in [0.29, 0.717) is 93.1 Å². The number of nitrogens with one attached hydrogen (secondary N) is 1. The van der Waals surface area contributed by atoms with E-state index in [9.17, 15) is 42.3 Å². The minimum absolute atomic E-state index is 0.0637. The van der Waals surface area contributed by atoms with Gasteiger partial charge in [-0.3, -0.25) is 33.5 Å². The third kappa shape index (κ3) is 14.4. The number of hydrogen-bond acceptors (Lipinski definition) is 18. The number of carboxylic acids is 1. The molecule has 13 rings (SSSR count). The largest absolute Gasteiger partial charge is 0.496 e. The van der Waals surface area contributed by atoms with Crippen LogP contribution < -0.4 is 23.7 Å². The molecule has 23 heteroatoms. The quantitative estimate of drug-likeness (QED) is 0.0960. The molecule has 3 amide bonds. The molecule has 2 aliphatic heterocycles. The Labute approximate surface area is 581 Å². The van der Waals surface area contributed by atoms with Crippen LogP contribution in [0.2, 0.25) is 0 Å². The second kappa shape index (κ2) is 28.5. The van der Waals surface area contributed by atoms with Gasteiger partial charge in [-0.05, 0) is 152 Å². The van der Waals surface area contributed by atoms with Crippen molar-refractivity contribution in [1.82, 2.24) is 34.5 Å². The van der Waals surface area contributed by atoms with Crippen LogP contribution in [0.1, 0.15) is 165 Å². The summed E-state index contributed by atoms with van der Waals surface area (Å²) < 4.78 is 52.7. The van der Waals surface area contributed by atoms with Gasteiger partial charge in [-0.2, -0.15) is 0 Å². The van der Waals surface area contributed by atoms with Crippen LogP contribution in [-0.2, 0) is 38.8 Å². The van der Waals surface area contributed by atoms with Gasteiger partial charge in [0.25, 0.3) is 0 Å². The normalized spacial score (nSPS) is 27.6. The standard InChI is InChI=1S/C39H48N4O7S2.C36H43N3O6S/c1-22(2)31-21-51-36(41-31)30-18-34(27-13-14-33(49-5)23(3)35(27)40-30)50-25-16-28-29(17-25)37(45)43(4)15-9-7-6-8-10-24-19-39(24,20-32(28)44)38(46)42-52(47,48)26-11-12-26;1-20(2)28-19-46-33(38-28)27-16-31(24-11-12-30(44-5)21(3)32(24)37-27)45-23-14-25-26(15-23)34(41)39(4)13-9-7-6-8-10-22-17-36(22,35(42)43)18-29(25)40/h8,10,13-14,18,21-22,24-26,28-29H,6-7,9,11-12,15-17,19-20H2,1-5H3,(H,42,46);8,10-12,16,19-20,22-23,25-26H,6-7,9,13-15,17-18H2,1-5H3,(H,42,43)/b2*10-8-/t24-,25?,28-,29-,39-;22-,23?,25-,26-,36-/m11/s1. The number of Topliss-reactive ketones (excluding diaryl/α,β-unsaturated/α-hetero) is 2. The molecule has 2 aromatic carbocycles. The number of carbonyl (C=O) groups excluding carboxylic acids is 5. The fraction of sp³-hybridized carbons (Fsp3) is 0.547. The number of aryl methyl sites for hydroxylation is 2. The zero-order valence-electron chi connectivity index (χ0n) is 57.8. The Hall–Kier alpha value is -7.63. The molecular formula is C75H91N7O13S3. The highest BCUT2D eigenvalue weighted by Crippen LogP contribution is 2.59. The van der Waals surface area contributed by atoms with Crippen molar-refractivity contribution in [3.8, 4) is 44.4 Å². The molecule has 20 nitrogen and oxygen atoms in total. The van der Waals surface area contributed by atoms with Crippen LogP contribution in [-0.4, -0.2) is 137 Å². The predicted octanol–water partition coefficient (Wildman–Crippen LogP) is 13.2. The number of aliphatic carboxylic acids is 1. The van der Waals surface area contributed by atoms with Gasteiger partial charge in [-0.25, -0.2) is 28.4 Å². The van der Waals surface area contributed by atoms with Gasteiger partial charge >= 0.3 is 5.97 Å². The predicted molar refractivity (Wildman–Crippen MR) is 377 cm³/mol. The molecule has 98 heavy (non-hydrogen) atoms. The smallest absolute Gasteiger partial charge is 0.310 e. The number of allylic oxidation sites excluding steroid dienone is 4. The van der Waals surface area contributed by atoms with Gasteiger partial charge in [-0.15, -0.1) is 22.7 Å². The van der Waals surface area contributed by atoms with Crippen molar-refractivity contribution >= 4 is 89.8 Å². The number of nitrogens with zero attached hydrogens (tertiary/aromatic N) is 6. The monoisotopic (exact) mass is 1390 g/mol. The molecule has 5 aliphatic carbocycles. The topological polar surface area (TPSA) is 264 Å². The number of amides is 3. The van der Waals surface area contributed by atoms with Crippen LogP contribution in [0.5, 0.6) is 23.0 Å². The maximum atomic E-state index is 14.4. The SMILES string of the molecule is COc1ccc2c(OC3C[C@H]4C(=O)C[C@]5(C(=O)NS(=O)(=O)C6CC6)C[C@H]5/C=C\CCCCN(C)C(=O)[C@@H]4C3)cc(-c3nc(C(C)C)cs3)nc2c1C.COc1ccc2c(OC3C[C@H]4C(=O)C[C@]5(C(=O)O)C[C@H]5/C=C\CCCCN(C)C(=O)[C@@H]4C3)cc(-c3nc(C(C)C)cs3)nc2c1C. The lowest BCUT2D eigenvalue weighted by atomic mass is 9.84. The first kappa shape index (κ1) is 70.2. The summed E-state index contributed by atoms with van der Waals surface area (Å²) in [7, 11) is 3.05. The van der Waals surface area contributed by atoms with Crippen LogP contribution in [0.25, 0.3) is 43.2 Å². The van der Waals surface area contributed by atoms with Crippen molar-refractivity contribution in [2.75, 3.05) is 41.4 Å². The highest BCUT2D eigenvalue weighted by atomic mass is 32.2. The van der Waals surface area contributed by atoms with Crippen molar-refractivity contribution in [3.05, 3.63) is 94.0 Å². The first-order chi connectivity index (χ1) is 46.8. The van der Waals surface area contributed by atoms with Crippen LogP contribution in [0, 0.1) is 60.2 Å². The Morgan fingerprint density at radius 1 is 0.612 bits per heavy atom. The average molecular weight is 1390 g/mol. The molecule has 0 radical (unpaired) electrons. The zero-order chi connectivity index (χ0) is 69.7. The fourth-order valence-electron chi connectivity index (χ4n) is 15.1. The van der Waals surface area contributed by atoms with E-state index in [-0.39, 0.29) is 59.9 Å². The number of carbonyl (C=O) groups is 6. The number of benzene rings is 2. The van der Waals surface area contributed by atoms with Crippen LogP contribution in [0.15, 0.2) is 71.5 Å². The molecule has 2 N–H and O–H groups in total. The Bertz CT molecular complexity index is 4270. The summed E-state index contributed by atoms with van der Waals surface area (Å²) in [6.45, 7) is 13.5. The van der Waals surface area contributed by atoms with Crippen molar-refractivity contribution in [2.24, 2.45) is 46.3 Å². The molecule has 2 unspecified atom stereocenters. The summed E-state index contributed by atoms with van der Waals surface area (Å²) in [6, 6.07) is 11.4. The second-order valence-corrected chi connectivity index (χ2v) is 32.6. The second-order valence-electron chi connectivity index (χ2n) is 29.0. The molecular weight excluding hydrogens is 1300 g/mol. The minimum atomic E-state index is -3.79. The number of fused-ring (bicyclic) bond motifs is 6. The highest BCUT2D eigenvalue weighted by molar-refractivity contribution is 7.91. The van der Waals surface area contributed by atoms with Gasteiger partial charge in [0.05, 0.1) is 64.6 Å². The number of ketones is 2. The molecule has 0 spiro atoms. The summed E-state index contributed by atoms with van der Waals surface area (Å²) >= 11 is 3.06.